The number of carbonyl (C=O) groups is 2. The zero-order valence-electron chi connectivity index (χ0n) is 24.3. The Morgan fingerprint density at radius 2 is 1.46 bits per heavy atom. The Morgan fingerprint density at radius 1 is 0.897 bits per heavy atom. The van der Waals surface area contributed by atoms with Crippen LogP contribution in [0.1, 0.15) is 121 Å². The maximum Gasteiger partial charge on any atom is 0.333 e. The third-order valence-electron chi connectivity index (χ3n) is 7.91. The van der Waals surface area contributed by atoms with E-state index in [-0.39, 0.29) is 11.5 Å². The van der Waals surface area contributed by atoms with Gasteiger partial charge in [-0.3, -0.25) is 4.79 Å². The molecule has 0 fully saturated rings. The van der Waals surface area contributed by atoms with Crippen LogP contribution in [-0.2, 0) is 16.0 Å². The Bertz CT molecular complexity index is 931. The number of nitrogens with one attached hydrogen (secondary N) is 1. The van der Waals surface area contributed by atoms with E-state index in [0.29, 0.717) is 23.6 Å². The average Bonchev–Trinajstić information content (AvgIpc) is 2.90. The molecule has 0 spiro atoms. The largest absolute Gasteiger partial charge is 0.494 e. The number of unbranched alkanes of at least 4 members (excludes halogenated alkanes) is 12. The number of benzene rings is 1. The van der Waals surface area contributed by atoms with Crippen molar-refractivity contribution in [2.45, 2.75) is 123 Å². The molecule has 3 unspecified atom stereocenters. The molecule has 220 valence electrons. The molecule has 1 aliphatic heterocycles. The van der Waals surface area contributed by atoms with E-state index < -0.39 is 29.8 Å². The molecule has 1 heterocycles. The molecule has 1 aromatic carbocycles. The summed E-state index contributed by atoms with van der Waals surface area (Å²) >= 11 is 6.18. The molecule has 2 rings (SSSR count). The zero-order valence-corrected chi connectivity index (χ0v) is 25.0. The number of halogens is 1. The van der Waals surface area contributed by atoms with E-state index in [2.05, 4.69) is 12.2 Å². The number of carboxylic acid groups (broad SMARTS) is 2. The third kappa shape index (κ3) is 10.0. The highest BCUT2D eigenvalue weighted by atomic mass is 35.5. The van der Waals surface area contributed by atoms with Gasteiger partial charge in [0.1, 0.15) is 5.75 Å². The molecule has 0 aromatic heterocycles. The SMILES string of the molecule is CCCCCCCCCCCCCCCc1cccc(OCC)c1C1C(C(=O)O)=C(C)NC(CCl)C1C(=O)O. The number of hydrogen-bond acceptors (Lipinski definition) is 4. The van der Waals surface area contributed by atoms with Crippen molar-refractivity contribution in [3.8, 4) is 5.75 Å². The fourth-order valence-electron chi connectivity index (χ4n) is 5.93. The van der Waals surface area contributed by atoms with E-state index in [1.807, 2.05) is 25.1 Å². The lowest BCUT2D eigenvalue weighted by Crippen LogP contribution is -2.49. The molecule has 0 amide bonds. The van der Waals surface area contributed by atoms with Crippen molar-refractivity contribution in [3.05, 3.63) is 40.6 Å². The van der Waals surface area contributed by atoms with Gasteiger partial charge in [-0.05, 0) is 38.3 Å². The molecule has 39 heavy (non-hydrogen) atoms. The van der Waals surface area contributed by atoms with Gasteiger partial charge in [-0.2, -0.15) is 0 Å². The predicted octanol–water partition coefficient (Wildman–Crippen LogP) is 8.07. The van der Waals surface area contributed by atoms with E-state index in [1.54, 1.807) is 6.92 Å². The molecule has 6 nitrogen and oxygen atoms in total. The number of alkyl halides is 1. The van der Waals surface area contributed by atoms with Crippen LogP contribution in [0.4, 0.5) is 0 Å². The number of rotatable bonds is 20. The smallest absolute Gasteiger partial charge is 0.333 e. The Morgan fingerprint density at radius 3 is 1.95 bits per heavy atom. The van der Waals surface area contributed by atoms with Crippen molar-refractivity contribution < 1.29 is 24.5 Å². The zero-order chi connectivity index (χ0) is 28.6. The number of aryl methyl sites for hydroxylation is 1. The second-order valence-electron chi connectivity index (χ2n) is 10.8. The van der Waals surface area contributed by atoms with E-state index in [4.69, 9.17) is 16.3 Å². The predicted molar refractivity (Wildman–Crippen MR) is 159 cm³/mol. The van der Waals surface area contributed by atoms with Crippen LogP contribution in [0.5, 0.6) is 5.75 Å². The van der Waals surface area contributed by atoms with E-state index in [0.717, 1.165) is 24.8 Å². The summed E-state index contributed by atoms with van der Waals surface area (Å²) in [5.74, 6) is -3.45. The Kier molecular flexibility index (Phi) is 15.4. The third-order valence-corrected chi connectivity index (χ3v) is 8.24. The highest BCUT2D eigenvalue weighted by Crippen LogP contribution is 2.45. The summed E-state index contributed by atoms with van der Waals surface area (Å²) in [4.78, 5) is 24.9. The topological polar surface area (TPSA) is 95.9 Å². The van der Waals surface area contributed by atoms with Crippen molar-refractivity contribution >= 4 is 23.5 Å². The molecular formula is C32H50ClNO5. The van der Waals surface area contributed by atoms with Crippen LogP contribution < -0.4 is 10.1 Å². The van der Waals surface area contributed by atoms with Gasteiger partial charge in [-0.1, -0.05) is 96.1 Å². The molecule has 0 bridgehead atoms. The van der Waals surface area contributed by atoms with Crippen LogP contribution in [-0.4, -0.2) is 40.7 Å². The van der Waals surface area contributed by atoms with Crippen LogP contribution >= 0.6 is 11.6 Å². The van der Waals surface area contributed by atoms with Gasteiger partial charge in [0.05, 0.1) is 24.1 Å². The summed E-state index contributed by atoms with van der Waals surface area (Å²) in [6.07, 6.45) is 17.3. The first-order chi connectivity index (χ1) is 18.9. The van der Waals surface area contributed by atoms with Gasteiger partial charge in [0.2, 0.25) is 0 Å². The van der Waals surface area contributed by atoms with E-state index in [9.17, 15) is 19.8 Å². The summed E-state index contributed by atoms with van der Waals surface area (Å²) in [6.45, 7) is 6.22. The van der Waals surface area contributed by atoms with E-state index >= 15 is 0 Å². The van der Waals surface area contributed by atoms with Gasteiger partial charge < -0.3 is 20.3 Å². The van der Waals surface area contributed by atoms with Gasteiger partial charge >= 0.3 is 11.9 Å². The summed E-state index contributed by atoms with van der Waals surface area (Å²) < 4.78 is 5.95. The summed E-state index contributed by atoms with van der Waals surface area (Å²) in [5, 5.41) is 23.4. The molecular weight excluding hydrogens is 514 g/mol. The number of ether oxygens (including phenoxy) is 1. The first-order valence-electron chi connectivity index (χ1n) is 15.1. The van der Waals surface area contributed by atoms with Crippen LogP contribution in [0.15, 0.2) is 29.5 Å². The minimum Gasteiger partial charge on any atom is -0.494 e. The van der Waals surface area contributed by atoms with Crippen molar-refractivity contribution in [2.75, 3.05) is 12.5 Å². The monoisotopic (exact) mass is 563 g/mol. The maximum absolute atomic E-state index is 12.5. The fraction of sp³-hybridized carbons (Fsp3) is 0.688. The Hall–Kier alpha value is -2.21. The van der Waals surface area contributed by atoms with Crippen LogP contribution in [0, 0.1) is 5.92 Å². The highest BCUT2D eigenvalue weighted by molar-refractivity contribution is 6.18. The molecule has 0 saturated carbocycles. The molecule has 0 radical (unpaired) electrons. The van der Waals surface area contributed by atoms with Gasteiger partial charge in [-0.15, -0.1) is 11.6 Å². The molecule has 3 N–H and O–H groups in total. The normalized spacial score (nSPS) is 19.1. The quantitative estimate of drug-likeness (QED) is 0.110. The lowest BCUT2D eigenvalue weighted by Gasteiger charge is -2.38. The summed E-state index contributed by atoms with van der Waals surface area (Å²) in [6, 6.07) is 5.14. The standard InChI is InChI=1S/C32H50ClNO5/c1-4-6-7-8-9-10-11-12-13-14-15-16-17-19-24-20-18-21-26(39-5-2)28(24)30-27(31(35)36)23(3)34-25(22-33)29(30)32(37)38/h18,20-21,25,29-30,34H,4-17,19,22H2,1-3H3,(H,35,36)(H,37,38). The lowest BCUT2D eigenvalue weighted by molar-refractivity contribution is -0.143. The first kappa shape index (κ1) is 33.0. The Labute approximate surface area is 240 Å². The van der Waals surface area contributed by atoms with Crippen molar-refractivity contribution in [3.63, 3.8) is 0 Å². The molecule has 1 aliphatic rings. The molecule has 3 atom stereocenters. The van der Waals surface area contributed by atoms with Gasteiger partial charge in [0.25, 0.3) is 0 Å². The lowest BCUT2D eigenvalue weighted by atomic mass is 9.72. The number of allylic oxidation sites excluding steroid dienone is 1. The summed E-state index contributed by atoms with van der Waals surface area (Å²) in [7, 11) is 0. The Balaban J connectivity index is 2.07. The molecule has 0 saturated heterocycles. The molecule has 1 aromatic rings. The van der Waals surface area contributed by atoms with Crippen LogP contribution in [0.3, 0.4) is 0 Å². The van der Waals surface area contributed by atoms with Gasteiger partial charge in [0.15, 0.2) is 0 Å². The van der Waals surface area contributed by atoms with Gasteiger partial charge in [-0.25, -0.2) is 4.79 Å². The number of hydrogen-bond donors (Lipinski definition) is 3. The fourth-order valence-corrected chi connectivity index (χ4v) is 6.20. The van der Waals surface area contributed by atoms with Crippen molar-refractivity contribution in [1.29, 1.82) is 0 Å². The van der Waals surface area contributed by atoms with Crippen LogP contribution in [0.25, 0.3) is 0 Å². The molecule has 7 heteroatoms. The minimum atomic E-state index is -1.12. The highest BCUT2D eigenvalue weighted by Gasteiger charge is 2.46. The minimum absolute atomic E-state index is 0.0582. The second kappa shape index (κ2) is 18.2. The average molecular weight is 564 g/mol. The van der Waals surface area contributed by atoms with Gasteiger partial charge in [0, 0.05) is 23.1 Å². The molecule has 0 aliphatic carbocycles. The maximum atomic E-state index is 12.5. The number of carboxylic acids is 2. The number of aliphatic carboxylic acids is 2. The van der Waals surface area contributed by atoms with Crippen LogP contribution in [0.2, 0.25) is 0 Å². The first-order valence-corrected chi connectivity index (χ1v) is 15.6. The van der Waals surface area contributed by atoms with Crippen molar-refractivity contribution in [2.24, 2.45) is 5.92 Å². The second-order valence-corrected chi connectivity index (χ2v) is 11.2. The van der Waals surface area contributed by atoms with E-state index in [1.165, 1.54) is 70.6 Å². The van der Waals surface area contributed by atoms with Crippen molar-refractivity contribution in [1.82, 2.24) is 5.32 Å². The summed E-state index contributed by atoms with van der Waals surface area (Å²) in [5.41, 5.74) is 2.16.